The van der Waals surface area contributed by atoms with Crippen LogP contribution in [0, 0.1) is 10.1 Å². The highest BCUT2D eigenvalue weighted by Gasteiger charge is 2.30. The number of alkyl halides is 3. The van der Waals surface area contributed by atoms with Crippen molar-refractivity contribution >= 4 is 17.5 Å². The van der Waals surface area contributed by atoms with Crippen molar-refractivity contribution in [1.29, 1.82) is 0 Å². The van der Waals surface area contributed by atoms with Gasteiger partial charge < -0.3 is 9.94 Å². The van der Waals surface area contributed by atoms with E-state index in [1.54, 1.807) is 0 Å². The van der Waals surface area contributed by atoms with Crippen molar-refractivity contribution in [2.24, 2.45) is 0 Å². The monoisotopic (exact) mass is 342 g/mol. The molecule has 0 fully saturated rings. The van der Waals surface area contributed by atoms with Gasteiger partial charge in [-0.05, 0) is 36.4 Å². The quantitative estimate of drug-likeness (QED) is 0.667. The van der Waals surface area contributed by atoms with E-state index in [1.807, 2.05) is 0 Å². The molecule has 7 nitrogen and oxygen atoms in total. The number of carboxylic acid groups (broad SMARTS) is 1. The van der Waals surface area contributed by atoms with Crippen molar-refractivity contribution in [2.75, 3.05) is 5.06 Å². The zero-order chi connectivity index (χ0) is 17.9. The van der Waals surface area contributed by atoms with Crippen molar-refractivity contribution in [2.45, 2.75) is 6.18 Å². The Bertz CT molecular complexity index is 745. The predicted octanol–water partition coefficient (Wildman–Crippen LogP) is 4.09. The van der Waals surface area contributed by atoms with Gasteiger partial charge in [-0.2, -0.15) is 13.2 Å². The summed E-state index contributed by atoms with van der Waals surface area (Å²) in [6.45, 7) is 0. The molecular weight excluding hydrogens is 333 g/mol. The summed E-state index contributed by atoms with van der Waals surface area (Å²) in [7, 11) is 0. The van der Waals surface area contributed by atoms with Crippen LogP contribution in [-0.4, -0.2) is 16.1 Å². The molecule has 0 saturated carbocycles. The molecule has 0 aliphatic carbocycles. The lowest BCUT2D eigenvalue weighted by atomic mass is 10.2. The summed E-state index contributed by atoms with van der Waals surface area (Å²) in [5.41, 5.74) is -1.21. The highest BCUT2D eigenvalue weighted by molar-refractivity contribution is 5.84. The van der Waals surface area contributed by atoms with Crippen molar-refractivity contribution in [3.05, 3.63) is 64.2 Å². The molecule has 0 aliphatic rings. The number of nitro groups is 1. The van der Waals surface area contributed by atoms with Crippen LogP contribution < -0.4 is 9.90 Å². The minimum Gasteiger partial charge on any atom is -0.463 e. The molecule has 0 heterocycles. The van der Waals surface area contributed by atoms with Crippen molar-refractivity contribution in [3.63, 3.8) is 0 Å². The predicted molar refractivity (Wildman–Crippen MR) is 75.7 cm³/mol. The Morgan fingerprint density at radius 2 is 1.62 bits per heavy atom. The summed E-state index contributed by atoms with van der Waals surface area (Å²) >= 11 is 0. The Morgan fingerprint density at radius 3 is 2.04 bits per heavy atom. The number of halogens is 3. The Hall–Kier alpha value is -3.30. The third kappa shape index (κ3) is 3.91. The van der Waals surface area contributed by atoms with E-state index in [0.29, 0.717) is 5.06 Å². The first-order chi connectivity index (χ1) is 11.2. The number of nitro benzene ring substituents is 1. The van der Waals surface area contributed by atoms with Gasteiger partial charge in [0.1, 0.15) is 0 Å². The van der Waals surface area contributed by atoms with Crippen LogP contribution in [0.2, 0.25) is 0 Å². The number of rotatable bonds is 4. The molecule has 0 radical (unpaired) electrons. The van der Waals surface area contributed by atoms with E-state index in [0.717, 1.165) is 48.5 Å². The largest absolute Gasteiger partial charge is 0.463 e. The molecule has 10 heteroatoms. The molecule has 2 aromatic carbocycles. The van der Waals surface area contributed by atoms with Gasteiger partial charge in [0.2, 0.25) is 0 Å². The number of hydrogen-bond acceptors (Lipinski definition) is 4. The summed E-state index contributed by atoms with van der Waals surface area (Å²) < 4.78 is 37.4. The van der Waals surface area contributed by atoms with Gasteiger partial charge >= 0.3 is 12.3 Å². The molecule has 2 aromatic rings. The summed E-state index contributed by atoms with van der Waals surface area (Å²) in [6.07, 6.45) is -6.08. The van der Waals surface area contributed by atoms with Gasteiger partial charge in [-0.15, -0.1) is 5.06 Å². The number of amides is 1. The SMILES string of the molecule is O=C(O)N(Oc1ccc(C(F)(F)F)cc1)c1ccc([N+](=O)[O-])cc1. The lowest BCUT2D eigenvalue weighted by molar-refractivity contribution is -0.384. The van der Waals surface area contributed by atoms with Crippen LogP contribution >= 0.6 is 0 Å². The minimum atomic E-state index is -4.52. The number of carbonyl (C=O) groups is 1. The average Bonchev–Trinajstić information content (AvgIpc) is 2.52. The van der Waals surface area contributed by atoms with E-state index >= 15 is 0 Å². The zero-order valence-electron chi connectivity index (χ0n) is 11.7. The van der Waals surface area contributed by atoms with Crippen LogP contribution in [0.1, 0.15) is 5.56 Å². The summed E-state index contributed by atoms with van der Waals surface area (Å²) in [4.78, 5) is 26.2. The van der Waals surface area contributed by atoms with Crippen LogP contribution in [0.15, 0.2) is 48.5 Å². The molecule has 0 spiro atoms. The fraction of sp³-hybridized carbons (Fsp3) is 0.0714. The van der Waals surface area contributed by atoms with Gasteiger partial charge in [-0.3, -0.25) is 10.1 Å². The van der Waals surface area contributed by atoms with Gasteiger partial charge in [-0.1, -0.05) is 0 Å². The number of hydroxylamine groups is 1. The number of nitrogens with zero attached hydrogens (tertiary/aromatic N) is 2. The third-order valence-electron chi connectivity index (χ3n) is 2.85. The van der Waals surface area contributed by atoms with E-state index in [1.165, 1.54) is 0 Å². The van der Waals surface area contributed by atoms with E-state index in [-0.39, 0.29) is 17.1 Å². The molecule has 0 bridgehead atoms. The summed E-state index contributed by atoms with van der Waals surface area (Å²) in [5.74, 6) is -0.149. The second-order valence-corrected chi connectivity index (χ2v) is 4.46. The van der Waals surface area contributed by atoms with E-state index in [4.69, 9.17) is 9.94 Å². The van der Waals surface area contributed by atoms with Crippen LogP contribution in [0.4, 0.5) is 29.3 Å². The van der Waals surface area contributed by atoms with Gasteiger partial charge in [0.15, 0.2) is 5.75 Å². The maximum Gasteiger partial charge on any atom is 0.445 e. The van der Waals surface area contributed by atoms with Gasteiger partial charge in [0.05, 0.1) is 16.2 Å². The first-order valence-corrected chi connectivity index (χ1v) is 6.31. The van der Waals surface area contributed by atoms with Crippen LogP contribution in [0.3, 0.4) is 0 Å². The highest BCUT2D eigenvalue weighted by Crippen LogP contribution is 2.30. The molecule has 0 aliphatic heterocycles. The van der Waals surface area contributed by atoms with Gasteiger partial charge in [0, 0.05) is 12.1 Å². The topological polar surface area (TPSA) is 92.9 Å². The minimum absolute atomic E-state index is 0.0482. The second kappa shape index (κ2) is 6.44. The standard InChI is InChI=1S/C14H9F3N2O5/c15-14(16,17)9-1-7-12(8-2-9)24-18(13(20)21)10-3-5-11(6-4-10)19(22)23/h1-8H,(H,20,21). The molecule has 1 amide bonds. The fourth-order valence-electron chi connectivity index (χ4n) is 1.72. The number of non-ortho nitro benzene ring substituents is 1. The van der Waals surface area contributed by atoms with Crippen LogP contribution in [0.5, 0.6) is 5.75 Å². The van der Waals surface area contributed by atoms with E-state index < -0.39 is 22.8 Å². The number of benzene rings is 2. The molecular formula is C14H9F3N2O5. The van der Waals surface area contributed by atoms with Crippen LogP contribution in [-0.2, 0) is 6.18 Å². The lowest BCUT2D eigenvalue weighted by Crippen LogP contribution is -2.32. The maximum atomic E-state index is 12.5. The fourth-order valence-corrected chi connectivity index (χ4v) is 1.72. The molecule has 0 aromatic heterocycles. The Balaban J connectivity index is 2.22. The second-order valence-electron chi connectivity index (χ2n) is 4.46. The molecule has 126 valence electrons. The normalized spacial score (nSPS) is 11.0. The lowest BCUT2D eigenvalue weighted by Gasteiger charge is -2.19. The molecule has 0 saturated heterocycles. The summed E-state index contributed by atoms with van der Waals surface area (Å²) in [6, 6.07) is 7.82. The summed E-state index contributed by atoms with van der Waals surface area (Å²) in [5, 5.41) is 20.1. The average molecular weight is 342 g/mol. The smallest absolute Gasteiger partial charge is 0.445 e. The van der Waals surface area contributed by atoms with Crippen LogP contribution in [0.25, 0.3) is 0 Å². The molecule has 0 atom stereocenters. The van der Waals surface area contributed by atoms with Gasteiger partial charge in [-0.25, -0.2) is 4.79 Å². The first kappa shape index (κ1) is 17.1. The Labute approximate surface area is 132 Å². The number of anilines is 1. The molecule has 0 unspecified atom stereocenters. The molecule has 24 heavy (non-hydrogen) atoms. The van der Waals surface area contributed by atoms with Crippen molar-refractivity contribution in [1.82, 2.24) is 0 Å². The molecule has 2 rings (SSSR count). The Kier molecular flexibility index (Phi) is 4.58. The van der Waals surface area contributed by atoms with Crippen molar-refractivity contribution in [3.8, 4) is 5.75 Å². The first-order valence-electron chi connectivity index (χ1n) is 6.31. The highest BCUT2D eigenvalue weighted by atomic mass is 19.4. The number of hydrogen-bond donors (Lipinski definition) is 1. The van der Waals surface area contributed by atoms with E-state index in [2.05, 4.69) is 0 Å². The zero-order valence-corrected chi connectivity index (χ0v) is 11.7. The third-order valence-corrected chi connectivity index (χ3v) is 2.85. The maximum absolute atomic E-state index is 12.5. The van der Waals surface area contributed by atoms with Crippen molar-refractivity contribution < 1.29 is 32.8 Å². The van der Waals surface area contributed by atoms with E-state index in [9.17, 15) is 28.1 Å². The molecule has 1 N–H and O–H groups in total. The Morgan fingerprint density at radius 1 is 1.08 bits per heavy atom. The van der Waals surface area contributed by atoms with Gasteiger partial charge in [0.25, 0.3) is 5.69 Å².